The molecule has 66 valence electrons. The van der Waals surface area contributed by atoms with E-state index in [0.29, 0.717) is 12.4 Å². The Balaban J connectivity index is 2.52. The molecule has 1 aromatic heterocycles. The summed E-state index contributed by atoms with van der Waals surface area (Å²) in [5, 5.41) is 11.9. The van der Waals surface area contributed by atoms with Crippen LogP contribution in [-0.4, -0.2) is 29.7 Å². The van der Waals surface area contributed by atoms with Crippen molar-refractivity contribution in [2.75, 3.05) is 18.9 Å². The van der Waals surface area contributed by atoms with Crippen LogP contribution in [0.5, 0.6) is 0 Å². The maximum atomic E-state index is 11.0. The van der Waals surface area contributed by atoms with Crippen LogP contribution in [0.4, 0.5) is 5.82 Å². The molecule has 0 aliphatic heterocycles. The topological polar surface area (TPSA) is 69.8 Å². The van der Waals surface area contributed by atoms with Crippen LogP contribution in [0, 0.1) is 6.92 Å². The summed E-state index contributed by atoms with van der Waals surface area (Å²) in [6.45, 7) is 2.18. The number of likely N-dealkylation sites (N-methyl/N-ethyl adjacent to an activating group) is 1. The molecule has 0 aliphatic carbocycles. The number of nitrogens with one attached hydrogen (secondary N) is 3. The largest absolute Gasteiger partial charge is 0.311 e. The molecule has 1 aromatic rings. The Morgan fingerprint density at radius 2 is 2.50 bits per heavy atom. The van der Waals surface area contributed by atoms with Crippen molar-refractivity contribution in [1.82, 2.24) is 15.5 Å². The first kappa shape index (κ1) is 8.73. The average Bonchev–Trinajstić information content (AvgIpc) is 2.37. The van der Waals surface area contributed by atoms with Crippen LogP contribution in [0.2, 0.25) is 0 Å². The fraction of sp³-hybridized carbons (Fsp3) is 0.429. The van der Waals surface area contributed by atoms with Gasteiger partial charge >= 0.3 is 0 Å². The fourth-order valence-corrected chi connectivity index (χ4v) is 0.817. The molecule has 0 unspecified atom stereocenters. The predicted molar refractivity (Wildman–Crippen MR) is 45.9 cm³/mol. The average molecular weight is 168 g/mol. The van der Waals surface area contributed by atoms with E-state index in [1.54, 1.807) is 13.2 Å². The highest BCUT2D eigenvalue weighted by Gasteiger charge is 2.03. The summed E-state index contributed by atoms with van der Waals surface area (Å²) in [6, 6.07) is 0. The molecule has 0 saturated heterocycles. The minimum Gasteiger partial charge on any atom is -0.311 e. The van der Waals surface area contributed by atoms with Crippen molar-refractivity contribution in [2.24, 2.45) is 0 Å². The minimum absolute atomic E-state index is 0.0788. The summed E-state index contributed by atoms with van der Waals surface area (Å²) in [4.78, 5) is 11.0. The second-order valence-corrected chi connectivity index (χ2v) is 2.51. The zero-order valence-corrected chi connectivity index (χ0v) is 7.14. The van der Waals surface area contributed by atoms with Crippen molar-refractivity contribution < 1.29 is 4.79 Å². The molecule has 0 spiro atoms. The number of rotatable bonds is 3. The van der Waals surface area contributed by atoms with Gasteiger partial charge in [-0.2, -0.15) is 5.10 Å². The highest BCUT2D eigenvalue weighted by atomic mass is 16.2. The number of anilines is 1. The molecule has 0 atom stereocenters. The summed E-state index contributed by atoms with van der Waals surface area (Å²) >= 11 is 0. The van der Waals surface area contributed by atoms with Gasteiger partial charge in [-0.05, 0) is 14.0 Å². The van der Waals surface area contributed by atoms with Gasteiger partial charge in [0.25, 0.3) is 0 Å². The monoisotopic (exact) mass is 168 g/mol. The molecule has 0 bridgehead atoms. The minimum atomic E-state index is -0.0788. The van der Waals surface area contributed by atoms with Gasteiger partial charge in [-0.1, -0.05) is 0 Å². The third-order valence-corrected chi connectivity index (χ3v) is 1.43. The van der Waals surface area contributed by atoms with E-state index >= 15 is 0 Å². The number of carbonyl (C=O) groups is 1. The van der Waals surface area contributed by atoms with E-state index in [1.807, 2.05) is 6.92 Å². The highest BCUT2D eigenvalue weighted by Crippen LogP contribution is 2.07. The summed E-state index contributed by atoms with van der Waals surface area (Å²) in [7, 11) is 1.72. The Morgan fingerprint density at radius 3 is 3.00 bits per heavy atom. The number of aromatic nitrogens is 2. The molecule has 3 N–H and O–H groups in total. The van der Waals surface area contributed by atoms with E-state index in [-0.39, 0.29) is 5.91 Å². The predicted octanol–water partition coefficient (Wildman–Crippen LogP) is -0.124. The molecule has 0 aromatic carbocycles. The molecule has 12 heavy (non-hydrogen) atoms. The Hall–Kier alpha value is -1.36. The number of hydrogen-bond acceptors (Lipinski definition) is 3. The Morgan fingerprint density at radius 1 is 1.75 bits per heavy atom. The Kier molecular flexibility index (Phi) is 2.82. The van der Waals surface area contributed by atoms with Crippen LogP contribution in [0.15, 0.2) is 6.20 Å². The molecule has 0 aliphatic rings. The number of carbonyl (C=O) groups excluding carboxylic acids is 1. The molecular formula is C7H12N4O. The van der Waals surface area contributed by atoms with Crippen molar-refractivity contribution in [1.29, 1.82) is 0 Å². The third-order valence-electron chi connectivity index (χ3n) is 1.43. The molecule has 1 rings (SSSR count). The molecule has 0 fully saturated rings. The number of hydrogen-bond donors (Lipinski definition) is 3. The lowest BCUT2D eigenvalue weighted by Gasteiger charge is -2.01. The van der Waals surface area contributed by atoms with Crippen molar-refractivity contribution in [3.8, 4) is 0 Å². The molecule has 1 heterocycles. The van der Waals surface area contributed by atoms with Crippen molar-refractivity contribution >= 4 is 11.7 Å². The number of aryl methyl sites for hydroxylation is 1. The van der Waals surface area contributed by atoms with Crippen LogP contribution in [0.1, 0.15) is 5.56 Å². The number of nitrogens with zero attached hydrogens (tertiary/aromatic N) is 1. The van der Waals surface area contributed by atoms with Gasteiger partial charge in [0.15, 0.2) is 0 Å². The number of aromatic amines is 1. The summed E-state index contributed by atoms with van der Waals surface area (Å²) in [5.74, 6) is 0.583. The molecule has 1 amide bonds. The van der Waals surface area contributed by atoms with Gasteiger partial charge in [-0.25, -0.2) is 0 Å². The van der Waals surface area contributed by atoms with E-state index in [1.165, 1.54) is 0 Å². The van der Waals surface area contributed by atoms with E-state index in [2.05, 4.69) is 20.8 Å². The van der Waals surface area contributed by atoms with E-state index < -0.39 is 0 Å². The number of H-pyrrole nitrogens is 1. The zero-order chi connectivity index (χ0) is 8.97. The van der Waals surface area contributed by atoms with Gasteiger partial charge in [0.05, 0.1) is 12.7 Å². The van der Waals surface area contributed by atoms with Crippen LogP contribution in [0.3, 0.4) is 0 Å². The summed E-state index contributed by atoms with van der Waals surface area (Å²) < 4.78 is 0. The van der Waals surface area contributed by atoms with Gasteiger partial charge in [0.2, 0.25) is 5.91 Å². The Bertz CT molecular complexity index is 268. The van der Waals surface area contributed by atoms with E-state index in [0.717, 1.165) is 5.56 Å². The normalized spacial score (nSPS) is 9.83. The lowest BCUT2D eigenvalue weighted by molar-refractivity contribution is -0.115. The second-order valence-electron chi connectivity index (χ2n) is 2.51. The number of amides is 1. The molecule has 0 saturated carbocycles. The standard InChI is InChI=1S/C7H12N4O/c1-5-3-9-11-7(5)10-6(12)4-8-2/h3,8H,4H2,1-2H3,(H2,9,10,11,12). The van der Waals surface area contributed by atoms with Crippen molar-refractivity contribution in [3.05, 3.63) is 11.8 Å². The van der Waals surface area contributed by atoms with Crippen LogP contribution >= 0.6 is 0 Å². The van der Waals surface area contributed by atoms with Gasteiger partial charge in [-0.3, -0.25) is 9.89 Å². The van der Waals surface area contributed by atoms with E-state index in [4.69, 9.17) is 0 Å². The van der Waals surface area contributed by atoms with Gasteiger partial charge in [0.1, 0.15) is 5.82 Å². The molecule has 0 radical (unpaired) electrons. The SMILES string of the molecule is CNCC(=O)Nc1[nH]ncc1C. The smallest absolute Gasteiger partial charge is 0.239 e. The van der Waals surface area contributed by atoms with Crippen LogP contribution < -0.4 is 10.6 Å². The first-order chi connectivity index (χ1) is 5.74. The third kappa shape index (κ3) is 2.06. The maximum Gasteiger partial charge on any atom is 0.239 e. The second kappa shape index (κ2) is 3.87. The highest BCUT2D eigenvalue weighted by molar-refractivity contribution is 5.91. The van der Waals surface area contributed by atoms with Gasteiger partial charge < -0.3 is 10.6 Å². The van der Waals surface area contributed by atoms with Gasteiger partial charge in [-0.15, -0.1) is 0 Å². The summed E-state index contributed by atoms with van der Waals surface area (Å²) in [5.41, 5.74) is 0.930. The first-order valence-corrected chi connectivity index (χ1v) is 3.68. The first-order valence-electron chi connectivity index (χ1n) is 3.68. The van der Waals surface area contributed by atoms with Gasteiger partial charge in [0, 0.05) is 5.56 Å². The molecular weight excluding hydrogens is 156 g/mol. The Labute approximate surface area is 70.5 Å². The quantitative estimate of drug-likeness (QED) is 0.589. The van der Waals surface area contributed by atoms with Crippen molar-refractivity contribution in [2.45, 2.75) is 6.92 Å². The fourth-order valence-electron chi connectivity index (χ4n) is 0.817. The maximum absolute atomic E-state index is 11.0. The molecule has 5 nitrogen and oxygen atoms in total. The zero-order valence-electron chi connectivity index (χ0n) is 7.14. The molecule has 5 heteroatoms. The van der Waals surface area contributed by atoms with Crippen LogP contribution in [0.25, 0.3) is 0 Å². The van der Waals surface area contributed by atoms with Crippen LogP contribution in [-0.2, 0) is 4.79 Å². The lowest BCUT2D eigenvalue weighted by Crippen LogP contribution is -2.25. The van der Waals surface area contributed by atoms with E-state index in [9.17, 15) is 4.79 Å². The van der Waals surface area contributed by atoms with Crippen molar-refractivity contribution in [3.63, 3.8) is 0 Å². The summed E-state index contributed by atoms with van der Waals surface area (Å²) in [6.07, 6.45) is 1.66. The lowest BCUT2D eigenvalue weighted by atomic mass is 10.4.